The molecule has 1 atom stereocenters. The van der Waals surface area contributed by atoms with E-state index in [2.05, 4.69) is 22.9 Å². The Labute approximate surface area is 224 Å². The van der Waals surface area contributed by atoms with Gasteiger partial charge < -0.3 is 20.4 Å². The second-order valence-corrected chi connectivity index (χ2v) is 9.82. The third-order valence-electron chi connectivity index (χ3n) is 6.26. The van der Waals surface area contributed by atoms with Crippen molar-refractivity contribution in [3.8, 4) is 23.1 Å². The van der Waals surface area contributed by atoms with Crippen molar-refractivity contribution in [1.29, 1.82) is 5.26 Å². The Balaban J connectivity index is 1.73. The molecule has 1 unspecified atom stereocenters. The lowest BCUT2D eigenvalue weighted by molar-refractivity contribution is -0.118. The van der Waals surface area contributed by atoms with Crippen molar-refractivity contribution in [2.24, 2.45) is 12.8 Å². The van der Waals surface area contributed by atoms with Gasteiger partial charge in [-0.25, -0.2) is 4.98 Å². The minimum absolute atomic E-state index is 0.0906. The molecule has 0 aliphatic carbocycles. The van der Waals surface area contributed by atoms with E-state index in [4.69, 9.17) is 15.5 Å². The first-order chi connectivity index (χ1) is 18.2. The van der Waals surface area contributed by atoms with Crippen LogP contribution in [-0.2, 0) is 24.7 Å². The standard InChI is InChI=1S/C30H37N5O3/c1-5-6-7-29-34-26(19-35(29)4)22-10-8-21(9-11-22)16-25(13-15-28(32)36)33-30(37)23-12-14-27(38-20(2)3)24(17-23)18-31/h8-12,14,17,19-20,25H,5-7,13,15-16H2,1-4H3,(H2,32,36)(H,33,37). The number of benzene rings is 2. The highest BCUT2D eigenvalue weighted by Gasteiger charge is 2.18. The van der Waals surface area contributed by atoms with E-state index in [0.29, 0.717) is 29.7 Å². The molecule has 0 spiro atoms. The molecule has 2 aromatic carbocycles. The molecule has 3 rings (SSSR count). The molecule has 0 aliphatic heterocycles. The van der Waals surface area contributed by atoms with Crippen molar-refractivity contribution < 1.29 is 14.3 Å². The fraction of sp³-hybridized carbons (Fsp3) is 0.400. The van der Waals surface area contributed by atoms with Gasteiger partial charge in [0, 0.05) is 43.3 Å². The molecule has 2 amide bonds. The van der Waals surface area contributed by atoms with Gasteiger partial charge in [-0.3, -0.25) is 9.59 Å². The third kappa shape index (κ3) is 7.94. The number of nitrogens with zero attached hydrogens (tertiary/aromatic N) is 3. The number of unbranched alkanes of at least 4 members (excludes halogenated alkanes) is 1. The molecule has 1 aromatic heterocycles. The average Bonchev–Trinajstić information content (AvgIpc) is 3.26. The number of carbonyl (C=O) groups is 2. The minimum atomic E-state index is -0.421. The molecule has 3 aromatic rings. The topological polar surface area (TPSA) is 123 Å². The first kappa shape index (κ1) is 28.5. The zero-order valence-electron chi connectivity index (χ0n) is 22.7. The number of ether oxygens (including phenoxy) is 1. The van der Waals surface area contributed by atoms with Crippen molar-refractivity contribution in [3.05, 3.63) is 71.2 Å². The van der Waals surface area contributed by atoms with Crippen LogP contribution < -0.4 is 15.8 Å². The highest BCUT2D eigenvalue weighted by atomic mass is 16.5. The van der Waals surface area contributed by atoms with E-state index in [1.165, 1.54) is 6.07 Å². The molecular formula is C30H37N5O3. The van der Waals surface area contributed by atoms with Crippen LogP contribution in [0.1, 0.15) is 73.8 Å². The van der Waals surface area contributed by atoms with Gasteiger partial charge in [-0.05, 0) is 56.9 Å². The van der Waals surface area contributed by atoms with E-state index in [0.717, 1.165) is 41.9 Å². The molecule has 38 heavy (non-hydrogen) atoms. The normalized spacial score (nSPS) is 11.7. The number of carbonyl (C=O) groups excluding carboxylic acids is 2. The number of aromatic nitrogens is 2. The van der Waals surface area contributed by atoms with Gasteiger partial charge >= 0.3 is 0 Å². The molecule has 3 N–H and O–H groups in total. The monoisotopic (exact) mass is 515 g/mol. The zero-order chi connectivity index (χ0) is 27.7. The van der Waals surface area contributed by atoms with Crippen LogP contribution in [0.25, 0.3) is 11.3 Å². The maximum atomic E-state index is 13.1. The maximum absolute atomic E-state index is 13.1. The van der Waals surface area contributed by atoms with Crippen LogP contribution in [0, 0.1) is 11.3 Å². The van der Waals surface area contributed by atoms with Crippen LogP contribution >= 0.6 is 0 Å². The van der Waals surface area contributed by atoms with E-state index in [1.807, 2.05) is 51.4 Å². The number of nitrogens with one attached hydrogen (secondary N) is 1. The van der Waals surface area contributed by atoms with Gasteiger partial charge in [-0.15, -0.1) is 0 Å². The number of hydrogen-bond donors (Lipinski definition) is 2. The van der Waals surface area contributed by atoms with E-state index < -0.39 is 5.91 Å². The number of hydrogen-bond acceptors (Lipinski definition) is 5. The largest absolute Gasteiger partial charge is 0.490 e. The minimum Gasteiger partial charge on any atom is -0.490 e. The van der Waals surface area contributed by atoms with Gasteiger partial charge in [0.15, 0.2) is 0 Å². The number of imidazole rings is 1. The fourth-order valence-corrected chi connectivity index (χ4v) is 4.23. The van der Waals surface area contributed by atoms with Crippen molar-refractivity contribution in [2.45, 2.75) is 71.4 Å². The van der Waals surface area contributed by atoms with Gasteiger partial charge in [-0.2, -0.15) is 5.26 Å². The summed E-state index contributed by atoms with van der Waals surface area (Å²) in [6.45, 7) is 5.92. The van der Waals surface area contributed by atoms with E-state index in [9.17, 15) is 14.9 Å². The molecule has 0 fully saturated rings. The van der Waals surface area contributed by atoms with Crippen molar-refractivity contribution in [1.82, 2.24) is 14.9 Å². The number of rotatable bonds is 13. The van der Waals surface area contributed by atoms with Gasteiger partial charge in [0.1, 0.15) is 17.6 Å². The summed E-state index contributed by atoms with van der Waals surface area (Å²) in [5.41, 5.74) is 9.01. The SMILES string of the molecule is CCCCc1nc(-c2ccc(CC(CCC(N)=O)NC(=O)c3ccc(OC(C)C)c(C#N)c3)cc2)cn1C. The van der Waals surface area contributed by atoms with Crippen molar-refractivity contribution in [2.75, 3.05) is 0 Å². The number of amides is 2. The second kappa shape index (κ2) is 13.4. The Bertz CT molecular complexity index is 1290. The van der Waals surface area contributed by atoms with Gasteiger partial charge in [-0.1, -0.05) is 37.6 Å². The second-order valence-electron chi connectivity index (χ2n) is 9.82. The molecule has 200 valence electrons. The summed E-state index contributed by atoms with van der Waals surface area (Å²) in [5, 5.41) is 12.5. The number of nitrogens with two attached hydrogens (primary N) is 1. The lowest BCUT2D eigenvalue weighted by Gasteiger charge is -2.19. The quantitative estimate of drug-likeness (QED) is 0.342. The zero-order valence-corrected chi connectivity index (χ0v) is 22.7. The van der Waals surface area contributed by atoms with Crippen LogP contribution in [0.5, 0.6) is 5.75 Å². The first-order valence-electron chi connectivity index (χ1n) is 13.1. The maximum Gasteiger partial charge on any atom is 0.251 e. The summed E-state index contributed by atoms with van der Waals surface area (Å²) in [6, 6.07) is 14.7. The van der Waals surface area contributed by atoms with Crippen molar-refractivity contribution in [3.63, 3.8) is 0 Å². The van der Waals surface area contributed by atoms with Crippen LogP contribution in [0.3, 0.4) is 0 Å². The highest BCUT2D eigenvalue weighted by molar-refractivity contribution is 5.95. The molecule has 0 saturated carbocycles. The van der Waals surface area contributed by atoms with E-state index in [1.54, 1.807) is 12.1 Å². The lowest BCUT2D eigenvalue weighted by Crippen LogP contribution is -2.37. The summed E-state index contributed by atoms with van der Waals surface area (Å²) >= 11 is 0. The smallest absolute Gasteiger partial charge is 0.251 e. The molecule has 0 radical (unpaired) electrons. The Kier molecular flexibility index (Phi) is 10.1. The predicted molar refractivity (Wildman–Crippen MR) is 148 cm³/mol. The van der Waals surface area contributed by atoms with E-state index in [-0.39, 0.29) is 24.5 Å². The molecule has 0 saturated heterocycles. The Hall–Kier alpha value is -4.12. The summed E-state index contributed by atoms with van der Waals surface area (Å²) in [6.07, 6.45) is 6.23. The van der Waals surface area contributed by atoms with Gasteiger partial charge in [0.25, 0.3) is 5.91 Å². The van der Waals surface area contributed by atoms with Crippen LogP contribution in [0.4, 0.5) is 0 Å². The number of primary amides is 1. The fourth-order valence-electron chi connectivity index (χ4n) is 4.23. The Morgan fingerprint density at radius 2 is 1.92 bits per heavy atom. The molecule has 1 heterocycles. The summed E-state index contributed by atoms with van der Waals surface area (Å²) < 4.78 is 7.73. The summed E-state index contributed by atoms with van der Waals surface area (Å²) in [5.74, 6) is 0.769. The number of aryl methyl sites for hydroxylation is 2. The first-order valence-corrected chi connectivity index (χ1v) is 13.1. The van der Waals surface area contributed by atoms with Crippen LogP contribution in [-0.4, -0.2) is 33.5 Å². The van der Waals surface area contributed by atoms with E-state index >= 15 is 0 Å². The molecule has 8 nitrogen and oxygen atoms in total. The third-order valence-corrected chi connectivity index (χ3v) is 6.26. The van der Waals surface area contributed by atoms with Crippen LogP contribution in [0.15, 0.2) is 48.7 Å². The highest BCUT2D eigenvalue weighted by Crippen LogP contribution is 2.22. The number of nitriles is 1. The van der Waals surface area contributed by atoms with Crippen LogP contribution in [0.2, 0.25) is 0 Å². The lowest BCUT2D eigenvalue weighted by atomic mass is 9.99. The molecule has 0 aliphatic rings. The van der Waals surface area contributed by atoms with Gasteiger partial charge in [0.2, 0.25) is 5.91 Å². The molecule has 8 heteroatoms. The Morgan fingerprint density at radius 3 is 2.55 bits per heavy atom. The van der Waals surface area contributed by atoms with Gasteiger partial charge in [0.05, 0.1) is 17.4 Å². The predicted octanol–water partition coefficient (Wildman–Crippen LogP) is 4.70. The Morgan fingerprint density at radius 1 is 1.18 bits per heavy atom. The van der Waals surface area contributed by atoms with Crippen molar-refractivity contribution >= 4 is 11.8 Å². The molecular weight excluding hydrogens is 478 g/mol. The molecule has 0 bridgehead atoms. The average molecular weight is 516 g/mol. The summed E-state index contributed by atoms with van der Waals surface area (Å²) in [7, 11) is 2.02. The summed E-state index contributed by atoms with van der Waals surface area (Å²) in [4.78, 5) is 29.3.